The molecule has 2 N–H and O–H groups in total. The SMILES string of the molecule is CCCCn1c(O)c(C2=NN(C(=O)CC)C(c3ccc(Cl)cc3)C2)c(=O)[nH]c1=O. The van der Waals surface area contributed by atoms with Crippen molar-refractivity contribution in [1.29, 1.82) is 0 Å². The normalized spacial score (nSPS) is 16.2. The van der Waals surface area contributed by atoms with E-state index in [-0.39, 0.29) is 36.6 Å². The minimum Gasteiger partial charge on any atom is -0.494 e. The van der Waals surface area contributed by atoms with Crippen LogP contribution >= 0.6 is 11.6 Å². The van der Waals surface area contributed by atoms with Gasteiger partial charge in [0, 0.05) is 24.4 Å². The topological polar surface area (TPSA) is 108 Å². The number of nitrogens with one attached hydrogen (secondary N) is 1. The third-order valence-electron chi connectivity index (χ3n) is 4.92. The van der Waals surface area contributed by atoms with Crippen LogP contribution in [0.4, 0.5) is 0 Å². The molecule has 29 heavy (non-hydrogen) atoms. The number of amides is 1. The van der Waals surface area contributed by atoms with E-state index in [0.29, 0.717) is 11.4 Å². The number of nitrogens with zero attached hydrogens (tertiary/aromatic N) is 3. The van der Waals surface area contributed by atoms with Crippen molar-refractivity contribution < 1.29 is 9.90 Å². The molecule has 8 nitrogen and oxygen atoms in total. The minimum atomic E-state index is -0.723. The Labute approximate surface area is 172 Å². The smallest absolute Gasteiger partial charge is 0.331 e. The Morgan fingerprint density at radius 3 is 2.59 bits per heavy atom. The summed E-state index contributed by atoms with van der Waals surface area (Å²) in [6, 6.07) is 6.61. The van der Waals surface area contributed by atoms with Gasteiger partial charge in [0.2, 0.25) is 11.8 Å². The molecule has 1 aromatic carbocycles. The summed E-state index contributed by atoms with van der Waals surface area (Å²) in [5, 5.41) is 16.9. The first-order valence-corrected chi connectivity index (χ1v) is 9.96. The van der Waals surface area contributed by atoms with Crippen LogP contribution in [0.25, 0.3) is 0 Å². The molecule has 0 spiro atoms. The molecule has 1 aromatic heterocycles. The van der Waals surface area contributed by atoms with E-state index in [4.69, 9.17) is 11.6 Å². The quantitative estimate of drug-likeness (QED) is 0.751. The zero-order valence-electron chi connectivity index (χ0n) is 16.3. The number of benzene rings is 1. The third-order valence-corrected chi connectivity index (χ3v) is 5.17. The Kier molecular flexibility index (Phi) is 6.22. The third kappa shape index (κ3) is 4.12. The van der Waals surface area contributed by atoms with Crippen molar-refractivity contribution >= 4 is 23.2 Å². The number of aromatic hydroxyl groups is 1. The molecule has 9 heteroatoms. The molecular weight excluding hydrogens is 396 g/mol. The lowest BCUT2D eigenvalue weighted by atomic mass is 9.99. The lowest BCUT2D eigenvalue weighted by Crippen LogP contribution is -2.33. The molecule has 2 heterocycles. The molecule has 1 unspecified atom stereocenters. The van der Waals surface area contributed by atoms with E-state index in [9.17, 15) is 19.5 Å². The number of H-pyrrole nitrogens is 1. The summed E-state index contributed by atoms with van der Waals surface area (Å²) in [6.45, 7) is 3.96. The number of aromatic nitrogens is 2. The maximum Gasteiger partial charge on any atom is 0.331 e. The fraction of sp³-hybridized carbons (Fsp3) is 0.400. The predicted octanol–water partition coefficient (Wildman–Crippen LogP) is 2.78. The van der Waals surface area contributed by atoms with Crippen molar-refractivity contribution in [3.05, 3.63) is 61.3 Å². The van der Waals surface area contributed by atoms with Crippen LogP contribution in [0.1, 0.15) is 56.7 Å². The highest BCUT2D eigenvalue weighted by Crippen LogP contribution is 2.34. The van der Waals surface area contributed by atoms with Crippen molar-refractivity contribution in [3.8, 4) is 5.88 Å². The van der Waals surface area contributed by atoms with Gasteiger partial charge in [0.1, 0.15) is 5.56 Å². The average Bonchev–Trinajstić information content (AvgIpc) is 3.12. The summed E-state index contributed by atoms with van der Waals surface area (Å²) in [5.41, 5.74) is -0.398. The zero-order chi connectivity index (χ0) is 21.1. The Bertz CT molecular complexity index is 1060. The maximum absolute atomic E-state index is 12.5. The molecule has 1 aliphatic rings. The van der Waals surface area contributed by atoms with Gasteiger partial charge in [0.25, 0.3) is 5.56 Å². The maximum atomic E-state index is 12.5. The molecule has 1 amide bonds. The van der Waals surface area contributed by atoms with Crippen LogP contribution in [0, 0.1) is 0 Å². The van der Waals surface area contributed by atoms with Crippen LogP contribution < -0.4 is 11.2 Å². The van der Waals surface area contributed by atoms with Gasteiger partial charge in [0.15, 0.2) is 0 Å². The Morgan fingerprint density at radius 2 is 1.97 bits per heavy atom. The largest absolute Gasteiger partial charge is 0.494 e. The van der Waals surface area contributed by atoms with Gasteiger partial charge in [-0.25, -0.2) is 9.80 Å². The molecule has 154 valence electrons. The second-order valence-corrected chi connectivity index (χ2v) is 7.31. The average molecular weight is 419 g/mol. The summed E-state index contributed by atoms with van der Waals surface area (Å²) in [5.74, 6) is -0.637. The molecule has 0 saturated heterocycles. The van der Waals surface area contributed by atoms with Gasteiger partial charge in [-0.2, -0.15) is 5.10 Å². The summed E-state index contributed by atoms with van der Waals surface area (Å²) in [7, 11) is 0. The number of aromatic amines is 1. The van der Waals surface area contributed by atoms with Crippen molar-refractivity contribution in [3.63, 3.8) is 0 Å². The van der Waals surface area contributed by atoms with E-state index >= 15 is 0 Å². The van der Waals surface area contributed by atoms with Gasteiger partial charge in [-0.15, -0.1) is 0 Å². The number of hydrogen-bond acceptors (Lipinski definition) is 5. The molecule has 1 aliphatic heterocycles. The van der Waals surface area contributed by atoms with Crippen molar-refractivity contribution in [2.45, 2.75) is 52.1 Å². The van der Waals surface area contributed by atoms with Crippen molar-refractivity contribution in [1.82, 2.24) is 14.6 Å². The summed E-state index contributed by atoms with van der Waals surface area (Å²) in [6.07, 6.45) is 1.95. The zero-order valence-corrected chi connectivity index (χ0v) is 17.1. The van der Waals surface area contributed by atoms with Crippen LogP contribution in [-0.4, -0.2) is 31.3 Å². The molecular formula is C20H23ClN4O4. The Balaban J connectivity index is 2.07. The fourth-order valence-corrected chi connectivity index (χ4v) is 3.47. The highest BCUT2D eigenvalue weighted by atomic mass is 35.5. The molecule has 0 aliphatic carbocycles. The fourth-order valence-electron chi connectivity index (χ4n) is 3.34. The van der Waals surface area contributed by atoms with E-state index in [1.54, 1.807) is 31.2 Å². The van der Waals surface area contributed by atoms with E-state index in [2.05, 4.69) is 10.1 Å². The lowest BCUT2D eigenvalue weighted by molar-refractivity contribution is -0.132. The molecule has 3 rings (SSSR count). The number of carbonyl (C=O) groups is 1. The number of unbranched alkanes of at least 4 members (excludes halogenated alkanes) is 1. The number of hydrazone groups is 1. The van der Waals surface area contributed by atoms with Gasteiger partial charge < -0.3 is 5.11 Å². The van der Waals surface area contributed by atoms with Gasteiger partial charge in [-0.1, -0.05) is 44.0 Å². The predicted molar refractivity (Wildman–Crippen MR) is 110 cm³/mol. The Hall–Kier alpha value is -2.87. The van der Waals surface area contributed by atoms with E-state index in [0.717, 1.165) is 16.6 Å². The number of hydrogen-bond donors (Lipinski definition) is 2. The monoisotopic (exact) mass is 418 g/mol. The highest BCUT2D eigenvalue weighted by Gasteiger charge is 2.35. The summed E-state index contributed by atoms with van der Waals surface area (Å²) in [4.78, 5) is 39.3. The highest BCUT2D eigenvalue weighted by molar-refractivity contribution is 6.30. The van der Waals surface area contributed by atoms with Crippen molar-refractivity contribution in [2.24, 2.45) is 5.10 Å². The molecule has 2 aromatic rings. The standard InChI is InChI=1S/C20H23ClN4O4/c1-3-5-10-24-19(28)17(18(27)22-20(24)29)14-11-15(25(23-14)16(26)4-2)12-6-8-13(21)9-7-12/h6-9,15,28H,3-5,10-11H2,1-2H3,(H,22,27,29). The molecule has 0 radical (unpaired) electrons. The molecule has 1 atom stereocenters. The van der Waals surface area contributed by atoms with E-state index in [1.807, 2.05) is 6.92 Å². The van der Waals surface area contributed by atoms with Crippen LogP contribution in [0.2, 0.25) is 5.02 Å². The first-order chi connectivity index (χ1) is 13.9. The molecule has 0 bridgehead atoms. The van der Waals surface area contributed by atoms with Crippen LogP contribution in [0.5, 0.6) is 5.88 Å². The molecule has 0 saturated carbocycles. The number of halogens is 1. The van der Waals surface area contributed by atoms with Gasteiger partial charge in [-0.3, -0.25) is 19.1 Å². The van der Waals surface area contributed by atoms with Crippen LogP contribution in [0.3, 0.4) is 0 Å². The molecule has 0 fully saturated rings. The van der Waals surface area contributed by atoms with Gasteiger partial charge >= 0.3 is 5.69 Å². The minimum absolute atomic E-state index is 0.0777. The van der Waals surface area contributed by atoms with Crippen LogP contribution in [-0.2, 0) is 11.3 Å². The number of carbonyl (C=O) groups excluding carboxylic acids is 1. The van der Waals surface area contributed by atoms with Crippen LogP contribution in [0.15, 0.2) is 39.0 Å². The first-order valence-electron chi connectivity index (χ1n) is 9.58. The summed E-state index contributed by atoms with van der Waals surface area (Å²) < 4.78 is 1.13. The van der Waals surface area contributed by atoms with Crippen molar-refractivity contribution in [2.75, 3.05) is 0 Å². The van der Waals surface area contributed by atoms with Gasteiger partial charge in [0.05, 0.1) is 11.8 Å². The van der Waals surface area contributed by atoms with E-state index < -0.39 is 23.2 Å². The summed E-state index contributed by atoms with van der Waals surface area (Å²) >= 11 is 5.96. The Morgan fingerprint density at radius 1 is 1.28 bits per heavy atom. The second-order valence-electron chi connectivity index (χ2n) is 6.87. The van der Waals surface area contributed by atoms with E-state index in [1.165, 1.54) is 5.01 Å². The lowest BCUT2D eigenvalue weighted by Gasteiger charge is -2.21. The van der Waals surface area contributed by atoms with Gasteiger partial charge in [-0.05, 0) is 24.1 Å². The number of rotatable bonds is 6. The first kappa shape index (κ1) is 20.9. The second kappa shape index (κ2) is 8.65.